The fraction of sp³-hybridized carbons (Fsp3) is 0.667. The Balaban J connectivity index is 2.76. The van der Waals surface area contributed by atoms with Crippen LogP contribution in [-0.4, -0.2) is 36.6 Å². The third-order valence-electron chi connectivity index (χ3n) is 4.28. The van der Waals surface area contributed by atoms with Crippen molar-refractivity contribution in [2.45, 2.75) is 65.3 Å². The Morgan fingerprint density at radius 3 is 2.33 bits per heavy atom. The Morgan fingerprint density at radius 1 is 1.33 bits per heavy atom. The molecule has 1 aromatic rings. The largest absolute Gasteiger partial charge is 0.490 e. The van der Waals surface area contributed by atoms with Crippen molar-refractivity contribution in [1.82, 2.24) is 4.98 Å². The van der Waals surface area contributed by atoms with Gasteiger partial charge in [0.25, 0.3) is 0 Å². The summed E-state index contributed by atoms with van der Waals surface area (Å²) >= 11 is 0. The lowest BCUT2D eigenvalue weighted by Crippen LogP contribution is -2.43. The zero-order valence-corrected chi connectivity index (χ0v) is 15.3. The van der Waals surface area contributed by atoms with Crippen LogP contribution in [0.4, 0.5) is 0 Å². The van der Waals surface area contributed by atoms with Crippen LogP contribution in [0.1, 0.15) is 39.0 Å². The lowest BCUT2D eigenvalue weighted by atomic mass is 9.78. The Kier molecular flexibility index (Phi) is 5.77. The molecule has 0 aliphatic rings. The predicted molar refractivity (Wildman–Crippen MR) is 90.2 cm³/mol. The quantitative estimate of drug-likeness (QED) is 0.817. The third-order valence-corrected chi connectivity index (χ3v) is 8.89. The second kappa shape index (κ2) is 6.60. The van der Waals surface area contributed by atoms with Crippen molar-refractivity contribution >= 4 is 20.9 Å². The highest BCUT2D eigenvalue weighted by atomic mass is 28.4. The molecule has 0 aliphatic heterocycles. The van der Waals surface area contributed by atoms with E-state index in [4.69, 9.17) is 4.43 Å². The van der Waals surface area contributed by atoms with Crippen LogP contribution in [0.25, 0.3) is 0 Å². The molecule has 0 spiro atoms. The van der Waals surface area contributed by atoms with E-state index in [1.54, 1.807) is 0 Å². The standard InChI is InChI=1S/C15H28BNO3Si/c1-11-8-13(17-10-14(11)16(18)19)9-12(2)20-21(6,7)15(3,4)5/h8,10,12,18-19H,9H2,1-7H3. The molecule has 2 N–H and O–H groups in total. The highest BCUT2D eigenvalue weighted by molar-refractivity contribution is 6.74. The summed E-state index contributed by atoms with van der Waals surface area (Å²) in [5.74, 6) is 0. The minimum Gasteiger partial charge on any atom is -0.423 e. The van der Waals surface area contributed by atoms with Crippen molar-refractivity contribution in [2.24, 2.45) is 0 Å². The van der Waals surface area contributed by atoms with Crippen LogP contribution >= 0.6 is 0 Å². The van der Waals surface area contributed by atoms with Gasteiger partial charge in [0.05, 0.1) is 0 Å². The molecule has 0 aromatic carbocycles. The summed E-state index contributed by atoms with van der Waals surface area (Å²) in [4.78, 5) is 4.31. The SMILES string of the molecule is Cc1cc(CC(C)O[Si](C)(C)C(C)(C)C)ncc1B(O)O. The average molecular weight is 309 g/mol. The van der Waals surface area contributed by atoms with Crippen LogP contribution in [0.15, 0.2) is 12.3 Å². The molecule has 1 aromatic heterocycles. The molecule has 1 heterocycles. The molecule has 0 amide bonds. The van der Waals surface area contributed by atoms with Gasteiger partial charge in [-0.3, -0.25) is 4.98 Å². The molecule has 118 valence electrons. The van der Waals surface area contributed by atoms with Crippen LogP contribution < -0.4 is 5.46 Å². The van der Waals surface area contributed by atoms with Gasteiger partial charge in [0.2, 0.25) is 0 Å². The van der Waals surface area contributed by atoms with Gasteiger partial charge in [0, 0.05) is 29.9 Å². The van der Waals surface area contributed by atoms with E-state index < -0.39 is 15.4 Å². The average Bonchev–Trinajstić information content (AvgIpc) is 2.25. The molecule has 1 rings (SSSR count). The van der Waals surface area contributed by atoms with Gasteiger partial charge in [-0.25, -0.2) is 0 Å². The third kappa shape index (κ3) is 4.92. The summed E-state index contributed by atoms with van der Waals surface area (Å²) in [7, 11) is -3.24. The maximum absolute atomic E-state index is 9.22. The second-order valence-corrected chi connectivity index (χ2v) is 12.1. The van der Waals surface area contributed by atoms with E-state index in [0.717, 1.165) is 17.7 Å². The summed E-state index contributed by atoms with van der Waals surface area (Å²) in [5.41, 5.74) is 2.22. The van der Waals surface area contributed by atoms with Crippen molar-refractivity contribution in [3.63, 3.8) is 0 Å². The first-order valence-electron chi connectivity index (χ1n) is 7.43. The summed E-state index contributed by atoms with van der Waals surface area (Å²) in [5, 5.41) is 18.6. The van der Waals surface area contributed by atoms with E-state index in [0.29, 0.717) is 5.46 Å². The van der Waals surface area contributed by atoms with E-state index >= 15 is 0 Å². The molecule has 4 nitrogen and oxygen atoms in total. The van der Waals surface area contributed by atoms with Crippen LogP contribution in [0, 0.1) is 6.92 Å². The van der Waals surface area contributed by atoms with Gasteiger partial charge in [-0.1, -0.05) is 20.8 Å². The number of hydrogen-bond acceptors (Lipinski definition) is 4. The molecule has 6 heteroatoms. The maximum atomic E-state index is 9.22. The van der Waals surface area contributed by atoms with E-state index in [1.807, 2.05) is 13.0 Å². The van der Waals surface area contributed by atoms with E-state index in [1.165, 1.54) is 6.20 Å². The topological polar surface area (TPSA) is 62.6 Å². The van der Waals surface area contributed by atoms with Gasteiger partial charge in [-0.2, -0.15) is 0 Å². The lowest BCUT2D eigenvalue weighted by molar-refractivity contribution is 0.198. The van der Waals surface area contributed by atoms with Gasteiger partial charge in [-0.05, 0) is 43.6 Å². The Morgan fingerprint density at radius 2 is 1.90 bits per heavy atom. The van der Waals surface area contributed by atoms with E-state index in [2.05, 4.69) is 45.8 Å². The van der Waals surface area contributed by atoms with Gasteiger partial charge in [-0.15, -0.1) is 0 Å². The summed E-state index contributed by atoms with van der Waals surface area (Å²) in [6, 6.07) is 1.90. The summed E-state index contributed by atoms with van der Waals surface area (Å²) in [6.07, 6.45) is 2.37. The maximum Gasteiger partial charge on any atom is 0.490 e. The van der Waals surface area contributed by atoms with Crippen molar-refractivity contribution < 1.29 is 14.5 Å². The van der Waals surface area contributed by atoms with Gasteiger partial charge in [0.15, 0.2) is 8.32 Å². The van der Waals surface area contributed by atoms with Gasteiger partial charge < -0.3 is 14.5 Å². The molecule has 21 heavy (non-hydrogen) atoms. The van der Waals surface area contributed by atoms with Crippen molar-refractivity contribution in [3.8, 4) is 0 Å². The number of hydrogen-bond donors (Lipinski definition) is 2. The zero-order valence-electron chi connectivity index (χ0n) is 14.3. The van der Waals surface area contributed by atoms with Crippen molar-refractivity contribution in [2.75, 3.05) is 0 Å². The Labute approximate surface area is 129 Å². The molecule has 0 aliphatic carbocycles. The Hall–Kier alpha value is -0.688. The summed E-state index contributed by atoms with van der Waals surface area (Å²) < 4.78 is 6.32. The van der Waals surface area contributed by atoms with Crippen molar-refractivity contribution in [3.05, 3.63) is 23.5 Å². The highest BCUT2D eigenvalue weighted by Gasteiger charge is 2.38. The number of nitrogens with zero attached hydrogens (tertiary/aromatic N) is 1. The first-order chi connectivity index (χ1) is 9.44. The minimum atomic E-state index is -1.77. The predicted octanol–water partition coefficient (Wildman–Crippen LogP) is 2.02. The first-order valence-corrected chi connectivity index (χ1v) is 10.3. The second-order valence-electron chi connectivity index (χ2n) is 7.30. The van der Waals surface area contributed by atoms with E-state index in [-0.39, 0.29) is 11.1 Å². The molecule has 0 saturated carbocycles. The van der Waals surface area contributed by atoms with Crippen LogP contribution in [0.2, 0.25) is 18.1 Å². The molecular formula is C15H28BNO3Si. The molecular weight excluding hydrogens is 281 g/mol. The minimum absolute atomic E-state index is 0.0997. The van der Waals surface area contributed by atoms with Crippen molar-refractivity contribution in [1.29, 1.82) is 0 Å². The number of rotatable bonds is 5. The first kappa shape index (κ1) is 18.4. The molecule has 0 saturated heterocycles. The fourth-order valence-electron chi connectivity index (χ4n) is 2.02. The normalized spacial score (nSPS) is 14.1. The van der Waals surface area contributed by atoms with Gasteiger partial charge in [0.1, 0.15) is 0 Å². The summed E-state index contributed by atoms with van der Waals surface area (Å²) in [6.45, 7) is 15.1. The van der Waals surface area contributed by atoms with Gasteiger partial charge >= 0.3 is 7.12 Å². The van der Waals surface area contributed by atoms with E-state index in [9.17, 15) is 10.0 Å². The number of pyridine rings is 1. The highest BCUT2D eigenvalue weighted by Crippen LogP contribution is 2.37. The zero-order chi connectivity index (χ0) is 16.4. The number of aryl methyl sites for hydroxylation is 1. The van der Waals surface area contributed by atoms with Crippen LogP contribution in [-0.2, 0) is 10.8 Å². The number of aromatic nitrogens is 1. The monoisotopic (exact) mass is 309 g/mol. The lowest BCUT2D eigenvalue weighted by Gasteiger charge is -2.38. The van der Waals surface area contributed by atoms with Crippen LogP contribution in [0.3, 0.4) is 0 Å². The molecule has 0 fully saturated rings. The smallest absolute Gasteiger partial charge is 0.423 e. The Bertz CT molecular complexity index is 486. The molecule has 1 atom stereocenters. The molecule has 0 radical (unpaired) electrons. The molecule has 0 bridgehead atoms. The molecule has 1 unspecified atom stereocenters. The fourth-order valence-corrected chi connectivity index (χ4v) is 3.47. The van der Waals surface area contributed by atoms with Crippen LogP contribution in [0.5, 0.6) is 0 Å².